The van der Waals surface area contributed by atoms with E-state index in [1.54, 1.807) is 18.2 Å². The van der Waals surface area contributed by atoms with E-state index in [9.17, 15) is 4.79 Å². The molecule has 118 valence electrons. The number of aromatic amines is 1. The van der Waals surface area contributed by atoms with Crippen molar-refractivity contribution in [2.45, 2.75) is 20.4 Å². The van der Waals surface area contributed by atoms with Gasteiger partial charge in [0.25, 0.3) is 0 Å². The monoisotopic (exact) mass is 311 g/mol. The van der Waals surface area contributed by atoms with Gasteiger partial charge in [-0.3, -0.25) is 0 Å². The van der Waals surface area contributed by atoms with Crippen molar-refractivity contribution in [3.05, 3.63) is 47.2 Å². The van der Waals surface area contributed by atoms with Crippen LogP contribution in [0, 0.1) is 13.8 Å². The second-order valence-electron chi connectivity index (χ2n) is 5.20. The molecule has 2 N–H and O–H groups in total. The predicted octanol–water partition coefficient (Wildman–Crippen LogP) is 2.37. The summed E-state index contributed by atoms with van der Waals surface area (Å²) in [6, 6.07) is 7.10. The average Bonchev–Trinajstić information content (AvgIpc) is 2.93. The Morgan fingerprint density at radius 1 is 1.22 bits per heavy atom. The Labute approximate surface area is 133 Å². The van der Waals surface area contributed by atoms with Crippen LogP contribution in [-0.2, 0) is 11.3 Å². The maximum Gasteiger partial charge on any atom is 0.337 e. The molecule has 2 heterocycles. The molecule has 0 aliphatic rings. The second-order valence-corrected chi connectivity index (χ2v) is 5.20. The fourth-order valence-corrected chi connectivity index (χ4v) is 2.37. The minimum atomic E-state index is -0.367. The first-order chi connectivity index (χ1) is 11.0. The number of aromatic nitrogens is 4. The molecule has 0 aliphatic heterocycles. The van der Waals surface area contributed by atoms with Gasteiger partial charge in [0.1, 0.15) is 17.5 Å². The lowest BCUT2D eigenvalue weighted by molar-refractivity contribution is 0.0601. The Kier molecular flexibility index (Phi) is 3.92. The summed E-state index contributed by atoms with van der Waals surface area (Å²) >= 11 is 0. The molecule has 7 nitrogen and oxygen atoms in total. The molecule has 3 aromatic rings. The Bertz CT molecular complexity index is 852. The topological polar surface area (TPSA) is 92.8 Å². The van der Waals surface area contributed by atoms with Crippen molar-refractivity contribution < 1.29 is 9.53 Å². The summed E-state index contributed by atoms with van der Waals surface area (Å²) in [6.45, 7) is 4.28. The second kappa shape index (κ2) is 6.04. The van der Waals surface area contributed by atoms with Crippen molar-refractivity contribution in [1.29, 1.82) is 0 Å². The van der Waals surface area contributed by atoms with E-state index < -0.39 is 0 Å². The van der Waals surface area contributed by atoms with Gasteiger partial charge in [-0.1, -0.05) is 0 Å². The molecular weight excluding hydrogens is 294 g/mol. The van der Waals surface area contributed by atoms with Crippen LogP contribution >= 0.6 is 0 Å². The first-order valence-corrected chi connectivity index (χ1v) is 7.18. The quantitative estimate of drug-likeness (QED) is 0.719. The molecule has 23 heavy (non-hydrogen) atoms. The van der Waals surface area contributed by atoms with E-state index in [1.165, 1.54) is 7.11 Å². The highest BCUT2D eigenvalue weighted by Crippen LogP contribution is 2.15. The molecule has 0 aliphatic carbocycles. The van der Waals surface area contributed by atoms with Crippen LogP contribution in [-0.4, -0.2) is 33.0 Å². The normalized spacial score (nSPS) is 10.7. The molecule has 0 saturated heterocycles. The molecule has 0 radical (unpaired) electrons. The number of ether oxygens (including phenoxy) is 1. The highest BCUT2D eigenvalue weighted by molar-refractivity contribution is 5.93. The number of imidazole rings is 1. The number of anilines is 1. The lowest BCUT2D eigenvalue weighted by Crippen LogP contribution is -2.05. The number of nitrogens with one attached hydrogen (secondary N) is 2. The number of benzene rings is 1. The maximum absolute atomic E-state index is 11.6. The van der Waals surface area contributed by atoms with E-state index in [-0.39, 0.29) is 5.97 Å². The predicted molar refractivity (Wildman–Crippen MR) is 86.3 cm³/mol. The van der Waals surface area contributed by atoms with E-state index >= 15 is 0 Å². The zero-order chi connectivity index (χ0) is 16.4. The Morgan fingerprint density at radius 3 is 2.78 bits per heavy atom. The van der Waals surface area contributed by atoms with Crippen molar-refractivity contribution in [2.75, 3.05) is 12.4 Å². The molecule has 0 unspecified atom stereocenters. The van der Waals surface area contributed by atoms with E-state index in [0.717, 1.165) is 34.2 Å². The summed E-state index contributed by atoms with van der Waals surface area (Å²) in [5.41, 5.74) is 2.99. The van der Waals surface area contributed by atoms with Crippen LogP contribution in [0.5, 0.6) is 0 Å². The van der Waals surface area contributed by atoms with E-state index in [0.29, 0.717) is 12.1 Å². The number of carbonyl (C=O) groups is 1. The highest BCUT2D eigenvalue weighted by atomic mass is 16.5. The fourth-order valence-electron chi connectivity index (χ4n) is 2.37. The zero-order valence-electron chi connectivity index (χ0n) is 13.2. The van der Waals surface area contributed by atoms with Gasteiger partial charge in [0.15, 0.2) is 0 Å². The molecule has 0 fully saturated rings. The van der Waals surface area contributed by atoms with Crippen LogP contribution in [0.25, 0.3) is 11.0 Å². The lowest BCUT2D eigenvalue weighted by Gasteiger charge is -2.05. The number of carbonyl (C=O) groups excluding carboxylic acids is 1. The van der Waals surface area contributed by atoms with Gasteiger partial charge in [-0.2, -0.15) is 0 Å². The maximum atomic E-state index is 11.6. The minimum Gasteiger partial charge on any atom is -0.465 e. The summed E-state index contributed by atoms with van der Waals surface area (Å²) in [4.78, 5) is 27.8. The van der Waals surface area contributed by atoms with Gasteiger partial charge in [0.2, 0.25) is 0 Å². The largest absolute Gasteiger partial charge is 0.465 e. The summed E-state index contributed by atoms with van der Waals surface area (Å²) in [7, 11) is 1.36. The van der Waals surface area contributed by atoms with Gasteiger partial charge < -0.3 is 15.0 Å². The molecule has 0 bridgehead atoms. The third kappa shape index (κ3) is 3.28. The minimum absolute atomic E-state index is 0.367. The fraction of sp³-hybridized carbons (Fsp3) is 0.250. The van der Waals surface area contributed by atoms with Crippen LogP contribution in [0.15, 0.2) is 24.3 Å². The molecule has 2 aromatic heterocycles. The smallest absolute Gasteiger partial charge is 0.337 e. The average molecular weight is 311 g/mol. The third-order valence-corrected chi connectivity index (χ3v) is 3.35. The number of nitrogens with zero attached hydrogens (tertiary/aromatic N) is 3. The summed E-state index contributed by atoms with van der Waals surface area (Å²) in [5, 5.41) is 3.22. The summed E-state index contributed by atoms with van der Waals surface area (Å²) in [6.07, 6.45) is 0. The summed E-state index contributed by atoms with van der Waals surface area (Å²) in [5.74, 6) is 1.87. The standard InChI is InChI=1S/C16H17N5O2/c1-9-6-14(19-10(2)18-9)17-8-15-20-12-5-4-11(16(22)23-3)7-13(12)21-15/h4-7H,8H2,1-3H3,(H,20,21)(H,17,18,19). The van der Waals surface area contributed by atoms with E-state index in [1.807, 2.05) is 19.9 Å². The van der Waals surface area contributed by atoms with Gasteiger partial charge in [0, 0.05) is 11.8 Å². The van der Waals surface area contributed by atoms with Crippen molar-refractivity contribution in [3.63, 3.8) is 0 Å². The molecule has 0 amide bonds. The first kappa shape index (κ1) is 15.0. The Hall–Kier alpha value is -2.96. The SMILES string of the molecule is COC(=O)c1ccc2nc(CNc3cc(C)nc(C)n3)[nH]c2c1. The number of H-pyrrole nitrogens is 1. The number of methoxy groups -OCH3 is 1. The number of fused-ring (bicyclic) bond motifs is 1. The van der Waals surface area contributed by atoms with Crippen LogP contribution < -0.4 is 5.32 Å². The molecular formula is C16H17N5O2. The molecule has 0 spiro atoms. The van der Waals surface area contributed by atoms with E-state index in [4.69, 9.17) is 4.74 Å². The highest BCUT2D eigenvalue weighted by Gasteiger charge is 2.09. The summed E-state index contributed by atoms with van der Waals surface area (Å²) < 4.78 is 4.72. The molecule has 1 aromatic carbocycles. The van der Waals surface area contributed by atoms with Gasteiger partial charge in [-0.15, -0.1) is 0 Å². The van der Waals surface area contributed by atoms with Crippen LogP contribution in [0.2, 0.25) is 0 Å². The van der Waals surface area contributed by atoms with Crippen LogP contribution in [0.1, 0.15) is 27.7 Å². The van der Waals surface area contributed by atoms with Gasteiger partial charge in [-0.05, 0) is 32.0 Å². The van der Waals surface area contributed by atoms with Gasteiger partial charge >= 0.3 is 5.97 Å². The molecule has 0 saturated carbocycles. The molecule has 3 rings (SSSR count). The van der Waals surface area contributed by atoms with Crippen molar-refractivity contribution in [2.24, 2.45) is 0 Å². The number of hydrogen-bond acceptors (Lipinski definition) is 6. The first-order valence-electron chi connectivity index (χ1n) is 7.18. The number of aryl methyl sites for hydroxylation is 2. The Balaban J connectivity index is 1.79. The molecule has 0 atom stereocenters. The number of hydrogen-bond donors (Lipinski definition) is 2. The molecule has 7 heteroatoms. The Morgan fingerprint density at radius 2 is 2.04 bits per heavy atom. The van der Waals surface area contributed by atoms with E-state index in [2.05, 4.69) is 25.3 Å². The van der Waals surface area contributed by atoms with Gasteiger partial charge in [-0.25, -0.2) is 19.7 Å². The number of rotatable bonds is 4. The van der Waals surface area contributed by atoms with Crippen LogP contribution in [0.3, 0.4) is 0 Å². The number of esters is 1. The lowest BCUT2D eigenvalue weighted by atomic mass is 10.2. The van der Waals surface area contributed by atoms with Crippen molar-refractivity contribution >= 4 is 22.8 Å². The zero-order valence-corrected chi connectivity index (χ0v) is 13.2. The van der Waals surface area contributed by atoms with Gasteiger partial charge in [0.05, 0.1) is 30.3 Å². The van der Waals surface area contributed by atoms with Crippen LogP contribution in [0.4, 0.5) is 5.82 Å². The van der Waals surface area contributed by atoms with Crippen molar-refractivity contribution in [3.8, 4) is 0 Å². The third-order valence-electron chi connectivity index (χ3n) is 3.35. The van der Waals surface area contributed by atoms with Crippen molar-refractivity contribution in [1.82, 2.24) is 19.9 Å².